The predicted octanol–water partition coefficient (Wildman–Crippen LogP) is 3.14. The summed E-state index contributed by atoms with van der Waals surface area (Å²) in [5.74, 6) is 0.661. The van der Waals surface area contributed by atoms with Crippen LogP contribution in [0.5, 0.6) is 0 Å². The van der Waals surface area contributed by atoms with E-state index in [1.807, 2.05) is 62.6 Å². The number of carbonyl (C=O) groups is 1. The van der Waals surface area contributed by atoms with Crippen molar-refractivity contribution >= 4 is 28.3 Å². The molecule has 1 aromatic carbocycles. The van der Waals surface area contributed by atoms with Crippen molar-refractivity contribution in [1.29, 1.82) is 0 Å². The number of hydrogen-bond donors (Lipinski definition) is 1. The van der Waals surface area contributed by atoms with Crippen LogP contribution in [0.1, 0.15) is 11.1 Å². The fraction of sp³-hybridized carbons (Fsp3) is 0.292. The van der Waals surface area contributed by atoms with Gasteiger partial charge >= 0.3 is 0 Å². The van der Waals surface area contributed by atoms with E-state index in [4.69, 9.17) is 9.73 Å². The molecule has 2 atom stereocenters. The van der Waals surface area contributed by atoms with Crippen LogP contribution in [0.3, 0.4) is 0 Å². The highest BCUT2D eigenvalue weighted by molar-refractivity contribution is 8.16. The Hall–Kier alpha value is -2.90. The van der Waals surface area contributed by atoms with Gasteiger partial charge in [-0.25, -0.2) is 0 Å². The van der Waals surface area contributed by atoms with Crippen LogP contribution < -0.4 is 5.32 Å². The Morgan fingerprint density at radius 2 is 1.94 bits per heavy atom. The van der Waals surface area contributed by atoms with Crippen LogP contribution in [-0.2, 0) is 16.1 Å². The van der Waals surface area contributed by atoms with E-state index in [0.29, 0.717) is 18.2 Å². The van der Waals surface area contributed by atoms with Crippen LogP contribution in [0, 0.1) is 0 Å². The van der Waals surface area contributed by atoms with Crippen molar-refractivity contribution in [1.82, 2.24) is 15.2 Å². The monoisotopic (exact) mass is 434 g/mol. The van der Waals surface area contributed by atoms with E-state index < -0.39 is 0 Å². The molecular weight excluding hydrogens is 408 g/mol. The number of thioether (sulfide) groups is 1. The summed E-state index contributed by atoms with van der Waals surface area (Å²) in [5.41, 5.74) is 3.20. The number of nitrogens with one attached hydrogen (secondary N) is 1. The van der Waals surface area contributed by atoms with Gasteiger partial charge in [0, 0.05) is 25.5 Å². The molecule has 31 heavy (non-hydrogen) atoms. The van der Waals surface area contributed by atoms with E-state index in [1.54, 1.807) is 12.4 Å². The van der Waals surface area contributed by atoms with E-state index >= 15 is 0 Å². The second-order valence-electron chi connectivity index (χ2n) is 7.69. The zero-order valence-corrected chi connectivity index (χ0v) is 18.5. The average molecular weight is 435 g/mol. The summed E-state index contributed by atoms with van der Waals surface area (Å²) in [5, 5.41) is 3.51. The molecule has 1 aromatic heterocycles. The number of aliphatic imine (C=N–C) groups is 1. The number of amides is 1. The molecule has 0 bridgehead atoms. The van der Waals surface area contributed by atoms with Gasteiger partial charge in [0.2, 0.25) is 0 Å². The van der Waals surface area contributed by atoms with Gasteiger partial charge in [0.1, 0.15) is 18.4 Å². The molecule has 7 heteroatoms. The maximum absolute atomic E-state index is 12.8. The highest BCUT2D eigenvalue weighted by Gasteiger charge is 2.37. The standard InChI is InChI=1S/C24H26N4O2S/c1-28(2)12-13-30-20-14-19(18-8-10-25-11-9-18)15-21-22(20)27-24(31-21)23(29)26-16-17-6-4-3-5-7-17/h3-11,14-15,21-22H,12-13,16H2,1-2H3,(H,26,29). The Balaban J connectivity index is 1.50. The molecule has 2 unspecified atom stereocenters. The van der Waals surface area contributed by atoms with E-state index in [2.05, 4.69) is 21.3 Å². The van der Waals surface area contributed by atoms with Crippen molar-refractivity contribution in [3.8, 4) is 0 Å². The van der Waals surface area contributed by atoms with Crippen LogP contribution in [0.25, 0.3) is 5.57 Å². The highest BCUT2D eigenvalue weighted by atomic mass is 32.2. The second-order valence-corrected chi connectivity index (χ2v) is 8.85. The molecule has 1 aliphatic carbocycles. The van der Waals surface area contributed by atoms with Crippen LogP contribution in [0.15, 0.2) is 77.8 Å². The molecule has 0 radical (unpaired) electrons. The Bertz CT molecular complexity index is 1000. The van der Waals surface area contributed by atoms with Gasteiger partial charge in [-0.2, -0.15) is 0 Å². The van der Waals surface area contributed by atoms with Crippen LogP contribution in [-0.4, -0.2) is 59.4 Å². The van der Waals surface area contributed by atoms with Crippen LogP contribution >= 0.6 is 11.8 Å². The zero-order chi connectivity index (χ0) is 21.6. The highest BCUT2D eigenvalue weighted by Crippen LogP contribution is 2.39. The molecule has 1 aliphatic heterocycles. The summed E-state index contributed by atoms with van der Waals surface area (Å²) in [6.45, 7) is 1.86. The molecule has 1 N–H and O–H groups in total. The second kappa shape index (κ2) is 9.94. The van der Waals surface area contributed by atoms with Crippen molar-refractivity contribution in [2.75, 3.05) is 27.2 Å². The molecule has 2 aliphatic rings. The molecule has 0 saturated heterocycles. The molecule has 160 valence electrons. The minimum absolute atomic E-state index is 0.0278. The number of allylic oxidation sites excluding steroid dienone is 2. The molecule has 0 fully saturated rings. The lowest BCUT2D eigenvalue weighted by molar-refractivity contribution is -0.114. The summed E-state index contributed by atoms with van der Waals surface area (Å²) in [6, 6.07) is 13.7. The summed E-state index contributed by atoms with van der Waals surface area (Å²) in [4.78, 5) is 23.7. The van der Waals surface area contributed by atoms with Crippen molar-refractivity contribution in [3.05, 3.63) is 83.9 Å². The third-order valence-corrected chi connectivity index (χ3v) is 6.24. The van der Waals surface area contributed by atoms with E-state index in [-0.39, 0.29) is 17.2 Å². The summed E-state index contributed by atoms with van der Waals surface area (Å²) in [7, 11) is 4.03. The normalized spacial score (nSPS) is 19.9. The van der Waals surface area contributed by atoms with Crippen molar-refractivity contribution in [2.45, 2.75) is 17.8 Å². The van der Waals surface area contributed by atoms with Gasteiger partial charge in [0.05, 0.1) is 5.25 Å². The average Bonchev–Trinajstić information content (AvgIpc) is 3.23. The smallest absolute Gasteiger partial charge is 0.276 e. The van der Waals surface area contributed by atoms with Crippen molar-refractivity contribution < 1.29 is 9.53 Å². The number of rotatable bonds is 8. The first-order valence-corrected chi connectivity index (χ1v) is 11.2. The maximum atomic E-state index is 12.8. The Kier molecular flexibility index (Phi) is 6.84. The van der Waals surface area contributed by atoms with E-state index in [1.165, 1.54) is 11.8 Å². The van der Waals surface area contributed by atoms with Crippen LogP contribution in [0.2, 0.25) is 0 Å². The van der Waals surface area contributed by atoms with Gasteiger partial charge in [-0.3, -0.25) is 14.8 Å². The summed E-state index contributed by atoms with van der Waals surface area (Å²) >= 11 is 1.49. The van der Waals surface area contributed by atoms with Gasteiger partial charge < -0.3 is 15.0 Å². The third-order valence-electron chi connectivity index (χ3n) is 5.06. The lowest BCUT2D eigenvalue weighted by atomic mass is 9.96. The first-order chi connectivity index (χ1) is 15.1. The fourth-order valence-corrected chi connectivity index (χ4v) is 4.55. The SMILES string of the molecule is CN(C)CCOC1=CC(c2ccncc2)=CC2SC(C(=O)NCc3ccccc3)=NC12. The molecule has 2 aromatic rings. The van der Waals surface area contributed by atoms with Gasteiger partial charge in [-0.1, -0.05) is 48.2 Å². The molecule has 0 saturated carbocycles. The molecule has 2 heterocycles. The Morgan fingerprint density at radius 1 is 1.16 bits per heavy atom. The lowest BCUT2D eigenvalue weighted by Gasteiger charge is -2.24. The van der Waals surface area contributed by atoms with E-state index in [0.717, 1.165) is 29.0 Å². The topological polar surface area (TPSA) is 66.8 Å². The van der Waals surface area contributed by atoms with Crippen molar-refractivity contribution in [2.24, 2.45) is 4.99 Å². The number of ether oxygens (including phenoxy) is 1. The molecular formula is C24H26N4O2S. The number of benzene rings is 1. The Morgan fingerprint density at radius 3 is 2.68 bits per heavy atom. The number of likely N-dealkylation sites (N-methyl/N-ethyl adjacent to an activating group) is 1. The van der Waals surface area contributed by atoms with Gasteiger partial charge in [0.15, 0.2) is 5.04 Å². The number of nitrogens with zero attached hydrogens (tertiary/aromatic N) is 3. The number of carbonyl (C=O) groups excluding carboxylic acids is 1. The largest absolute Gasteiger partial charge is 0.494 e. The van der Waals surface area contributed by atoms with Gasteiger partial charge in [-0.05, 0) is 49.0 Å². The minimum atomic E-state index is -0.185. The fourth-order valence-electron chi connectivity index (χ4n) is 3.40. The predicted molar refractivity (Wildman–Crippen MR) is 126 cm³/mol. The minimum Gasteiger partial charge on any atom is -0.494 e. The summed E-state index contributed by atoms with van der Waals surface area (Å²) in [6.07, 6.45) is 7.78. The van der Waals surface area contributed by atoms with Crippen LogP contribution in [0.4, 0.5) is 0 Å². The number of hydrogen-bond acceptors (Lipinski definition) is 6. The maximum Gasteiger partial charge on any atom is 0.276 e. The number of aromatic nitrogens is 1. The summed E-state index contributed by atoms with van der Waals surface area (Å²) < 4.78 is 6.13. The quantitative estimate of drug-likeness (QED) is 0.691. The first-order valence-electron chi connectivity index (χ1n) is 10.3. The van der Waals surface area contributed by atoms with Gasteiger partial charge in [0.25, 0.3) is 5.91 Å². The number of pyridine rings is 1. The molecule has 1 amide bonds. The molecule has 6 nitrogen and oxygen atoms in total. The zero-order valence-electron chi connectivity index (χ0n) is 17.7. The molecule has 4 rings (SSSR count). The lowest BCUT2D eigenvalue weighted by Crippen LogP contribution is -2.28. The number of fused-ring (bicyclic) bond motifs is 1. The Labute approximate surface area is 187 Å². The van der Waals surface area contributed by atoms with Crippen molar-refractivity contribution in [3.63, 3.8) is 0 Å². The van der Waals surface area contributed by atoms with E-state index in [9.17, 15) is 4.79 Å². The van der Waals surface area contributed by atoms with Gasteiger partial charge in [-0.15, -0.1) is 0 Å². The first kappa shape index (κ1) is 21.3. The third kappa shape index (κ3) is 5.42. The molecule has 0 spiro atoms.